The molecule has 0 saturated carbocycles. The molecule has 0 aliphatic carbocycles. The van der Waals surface area contributed by atoms with Crippen LogP contribution in [-0.4, -0.2) is 23.9 Å². The number of hydrogen-bond acceptors (Lipinski definition) is 4. The van der Waals surface area contributed by atoms with Crippen molar-refractivity contribution in [2.45, 2.75) is 32.5 Å². The Hall–Kier alpha value is -0.870. The molecule has 2 rings (SSSR count). The molecule has 1 aromatic rings. The second-order valence-corrected chi connectivity index (χ2v) is 3.88. The molecule has 78 valence electrons. The van der Waals surface area contributed by atoms with Crippen molar-refractivity contribution in [2.75, 3.05) is 6.61 Å². The zero-order valence-corrected chi connectivity index (χ0v) is 8.56. The molecule has 0 bridgehead atoms. The molecule has 4 nitrogen and oxygen atoms in total. The van der Waals surface area contributed by atoms with Crippen molar-refractivity contribution in [2.24, 2.45) is 5.92 Å². The maximum Gasteiger partial charge on any atom is 0.124 e. The van der Waals surface area contributed by atoms with Crippen molar-refractivity contribution >= 4 is 0 Å². The third-order valence-electron chi connectivity index (χ3n) is 2.95. The van der Waals surface area contributed by atoms with Gasteiger partial charge in [0, 0.05) is 18.7 Å². The van der Waals surface area contributed by atoms with Gasteiger partial charge in [-0.3, -0.25) is 0 Å². The van der Waals surface area contributed by atoms with Gasteiger partial charge in [-0.1, -0.05) is 12.1 Å². The van der Waals surface area contributed by atoms with Gasteiger partial charge in [-0.05, 0) is 12.8 Å². The lowest BCUT2D eigenvalue weighted by Gasteiger charge is -2.16. The number of hydrogen-bond donors (Lipinski definition) is 1. The van der Waals surface area contributed by atoms with E-state index in [1.165, 1.54) is 0 Å². The Morgan fingerprint density at radius 3 is 3.00 bits per heavy atom. The Kier molecular flexibility index (Phi) is 2.84. The van der Waals surface area contributed by atoms with Gasteiger partial charge in [-0.25, -0.2) is 0 Å². The van der Waals surface area contributed by atoms with E-state index in [9.17, 15) is 0 Å². The first kappa shape index (κ1) is 9.68. The topological polar surface area (TPSA) is 47.3 Å². The normalized spacial score (nSPS) is 32.3. The fraction of sp³-hybridized carbons (Fsp3) is 0.700. The lowest BCUT2D eigenvalue weighted by molar-refractivity contribution is 0.108. The Balaban J connectivity index is 1.81. The number of ether oxygens (including phenoxy) is 1. The van der Waals surface area contributed by atoms with E-state index >= 15 is 0 Å². The van der Waals surface area contributed by atoms with Gasteiger partial charge in [0.15, 0.2) is 0 Å². The van der Waals surface area contributed by atoms with Crippen LogP contribution >= 0.6 is 0 Å². The molecule has 14 heavy (non-hydrogen) atoms. The highest BCUT2D eigenvalue weighted by atomic mass is 16.5. The highest BCUT2D eigenvalue weighted by molar-refractivity contribution is 4.96. The van der Waals surface area contributed by atoms with E-state index in [-0.39, 0.29) is 0 Å². The van der Waals surface area contributed by atoms with Gasteiger partial charge in [0.05, 0.1) is 18.4 Å². The highest BCUT2D eigenvalue weighted by Crippen LogP contribution is 2.20. The van der Waals surface area contributed by atoms with Crippen LogP contribution in [0.3, 0.4) is 0 Å². The minimum absolute atomic E-state index is 0.352. The van der Waals surface area contributed by atoms with Gasteiger partial charge >= 0.3 is 0 Å². The second kappa shape index (κ2) is 4.11. The largest absolute Gasteiger partial charge is 0.377 e. The molecule has 0 radical (unpaired) electrons. The van der Waals surface area contributed by atoms with Crippen molar-refractivity contribution in [3.05, 3.63) is 18.0 Å². The summed E-state index contributed by atoms with van der Waals surface area (Å²) in [6, 6.07) is 2.30. The van der Waals surface area contributed by atoms with E-state index in [4.69, 9.17) is 9.26 Å². The summed E-state index contributed by atoms with van der Waals surface area (Å²) in [5.41, 5.74) is 0.941. The Bertz CT molecular complexity index is 274. The van der Waals surface area contributed by atoms with Gasteiger partial charge in [0.1, 0.15) is 6.26 Å². The van der Waals surface area contributed by atoms with Crippen LogP contribution in [0.15, 0.2) is 16.9 Å². The summed E-state index contributed by atoms with van der Waals surface area (Å²) in [4.78, 5) is 0. The summed E-state index contributed by atoms with van der Waals surface area (Å²) < 4.78 is 10.3. The zero-order chi connectivity index (χ0) is 9.97. The van der Waals surface area contributed by atoms with Crippen LogP contribution in [0.4, 0.5) is 0 Å². The van der Waals surface area contributed by atoms with Crippen LogP contribution in [0.2, 0.25) is 0 Å². The molecule has 1 N–H and O–H groups in total. The number of aromatic nitrogens is 1. The average molecular weight is 196 g/mol. The molecule has 1 aromatic heterocycles. The summed E-state index contributed by atoms with van der Waals surface area (Å²) in [7, 11) is 0. The van der Waals surface area contributed by atoms with E-state index in [1.54, 1.807) is 6.26 Å². The monoisotopic (exact) mass is 196 g/mol. The third kappa shape index (κ3) is 1.96. The van der Waals surface area contributed by atoms with Crippen molar-refractivity contribution in [1.29, 1.82) is 0 Å². The van der Waals surface area contributed by atoms with Gasteiger partial charge in [0.25, 0.3) is 0 Å². The van der Waals surface area contributed by atoms with Crippen molar-refractivity contribution in [3.8, 4) is 0 Å². The van der Waals surface area contributed by atoms with Crippen LogP contribution in [-0.2, 0) is 11.3 Å². The van der Waals surface area contributed by atoms with E-state index in [0.29, 0.717) is 18.1 Å². The molecule has 1 aliphatic heterocycles. The van der Waals surface area contributed by atoms with Crippen LogP contribution in [0.5, 0.6) is 0 Å². The van der Waals surface area contributed by atoms with E-state index in [1.807, 2.05) is 6.07 Å². The molecule has 2 heterocycles. The molecule has 3 atom stereocenters. The molecule has 1 aliphatic rings. The number of nitrogens with one attached hydrogen (secondary N) is 1. The molecule has 0 amide bonds. The van der Waals surface area contributed by atoms with Crippen molar-refractivity contribution in [3.63, 3.8) is 0 Å². The predicted octanol–water partition coefficient (Wildman–Crippen LogP) is 1.19. The van der Waals surface area contributed by atoms with Crippen LogP contribution < -0.4 is 5.32 Å². The molecule has 1 saturated heterocycles. The first-order chi connectivity index (χ1) is 6.77. The van der Waals surface area contributed by atoms with Crippen LogP contribution in [0, 0.1) is 5.92 Å². The summed E-state index contributed by atoms with van der Waals surface area (Å²) in [6.07, 6.45) is 1.94. The fourth-order valence-electron chi connectivity index (χ4n) is 1.70. The Morgan fingerprint density at radius 1 is 1.57 bits per heavy atom. The Labute approximate surface area is 83.6 Å². The SMILES string of the molecule is CC1OCC(NCc2ccon2)C1C. The lowest BCUT2D eigenvalue weighted by Crippen LogP contribution is -2.34. The maximum absolute atomic E-state index is 5.54. The van der Waals surface area contributed by atoms with Crippen LogP contribution in [0.25, 0.3) is 0 Å². The molecule has 1 fully saturated rings. The van der Waals surface area contributed by atoms with E-state index in [0.717, 1.165) is 18.8 Å². The summed E-state index contributed by atoms with van der Waals surface area (Å²) in [5, 5.41) is 7.26. The van der Waals surface area contributed by atoms with Gasteiger partial charge in [-0.2, -0.15) is 0 Å². The number of nitrogens with zero attached hydrogens (tertiary/aromatic N) is 1. The zero-order valence-electron chi connectivity index (χ0n) is 8.56. The smallest absolute Gasteiger partial charge is 0.124 e. The van der Waals surface area contributed by atoms with Crippen LogP contribution in [0.1, 0.15) is 19.5 Å². The quantitative estimate of drug-likeness (QED) is 0.788. The second-order valence-electron chi connectivity index (χ2n) is 3.88. The minimum Gasteiger partial charge on any atom is -0.377 e. The summed E-state index contributed by atoms with van der Waals surface area (Å²) >= 11 is 0. The van der Waals surface area contributed by atoms with Crippen molar-refractivity contribution < 1.29 is 9.26 Å². The minimum atomic E-state index is 0.352. The number of rotatable bonds is 3. The van der Waals surface area contributed by atoms with Gasteiger partial charge < -0.3 is 14.6 Å². The summed E-state index contributed by atoms with van der Waals surface area (Å²) in [6.45, 7) is 5.86. The molecule has 0 aromatic carbocycles. The first-order valence-corrected chi connectivity index (χ1v) is 5.01. The third-order valence-corrected chi connectivity index (χ3v) is 2.95. The average Bonchev–Trinajstić information content (AvgIpc) is 2.77. The van der Waals surface area contributed by atoms with Crippen molar-refractivity contribution in [1.82, 2.24) is 10.5 Å². The lowest BCUT2D eigenvalue weighted by atomic mass is 10.0. The molecule has 0 spiro atoms. The molecular formula is C10H16N2O2. The first-order valence-electron chi connectivity index (χ1n) is 5.01. The molecule has 3 unspecified atom stereocenters. The van der Waals surface area contributed by atoms with E-state index < -0.39 is 0 Å². The Morgan fingerprint density at radius 2 is 2.43 bits per heavy atom. The van der Waals surface area contributed by atoms with Gasteiger partial charge in [0.2, 0.25) is 0 Å². The highest BCUT2D eigenvalue weighted by Gasteiger charge is 2.30. The molecular weight excluding hydrogens is 180 g/mol. The fourth-order valence-corrected chi connectivity index (χ4v) is 1.70. The van der Waals surface area contributed by atoms with E-state index in [2.05, 4.69) is 24.3 Å². The summed E-state index contributed by atoms with van der Waals surface area (Å²) in [5.74, 6) is 0.557. The molecule has 4 heteroatoms. The predicted molar refractivity (Wildman–Crippen MR) is 51.7 cm³/mol. The maximum atomic E-state index is 5.54. The van der Waals surface area contributed by atoms with Gasteiger partial charge in [-0.15, -0.1) is 0 Å². The standard InChI is InChI=1S/C10H16N2O2/c1-7-8(2)13-6-10(7)11-5-9-3-4-14-12-9/h3-4,7-8,10-11H,5-6H2,1-2H3.